The zero-order chi connectivity index (χ0) is 21.0. The summed E-state index contributed by atoms with van der Waals surface area (Å²) in [6.45, 7) is 3.65. The Bertz CT molecular complexity index is 955. The third kappa shape index (κ3) is 5.35. The van der Waals surface area contributed by atoms with Gasteiger partial charge in [0, 0.05) is 18.7 Å². The predicted octanol–water partition coefficient (Wildman–Crippen LogP) is 2.09. The lowest BCUT2D eigenvalue weighted by Gasteiger charge is -2.30. The number of anilines is 2. The fraction of sp³-hybridized carbons (Fsp3) is 0.368. The minimum Gasteiger partial charge on any atom is -0.382 e. The number of halogens is 1. The Morgan fingerprint density at radius 3 is 2.59 bits per heavy atom. The summed E-state index contributed by atoms with van der Waals surface area (Å²) >= 11 is 1.08. The van der Waals surface area contributed by atoms with Gasteiger partial charge >= 0.3 is 0 Å². The maximum Gasteiger partial charge on any atom is 0.277 e. The van der Waals surface area contributed by atoms with Gasteiger partial charge < -0.3 is 16.0 Å². The van der Waals surface area contributed by atoms with Crippen molar-refractivity contribution in [3.8, 4) is 0 Å². The number of aromatic amines is 1. The van der Waals surface area contributed by atoms with Crippen molar-refractivity contribution >= 4 is 35.1 Å². The van der Waals surface area contributed by atoms with Crippen LogP contribution in [0.25, 0.3) is 0 Å². The van der Waals surface area contributed by atoms with E-state index in [2.05, 4.69) is 22.2 Å². The number of likely N-dealkylation sites (tertiary alicyclic amines) is 1. The van der Waals surface area contributed by atoms with Crippen LogP contribution in [-0.2, 0) is 4.79 Å². The Hall–Kier alpha value is -2.88. The number of hydrogen-bond acceptors (Lipinski definition) is 6. The molecule has 1 aromatic carbocycles. The summed E-state index contributed by atoms with van der Waals surface area (Å²) in [5.41, 5.74) is 5.17. The highest BCUT2D eigenvalue weighted by atomic mass is 32.2. The average Bonchev–Trinajstić information content (AvgIpc) is 2.70. The number of nitrogen functional groups attached to an aromatic ring is 1. The number of benzene rings is 1. The number of rotatable bonds is 5. The van der Waals surface area contributed by atoms with E-state index in [0.29, 0.717) is 5.92 Å². The Kier molecular flexibility index (Phi) is 6.53. The monoisotopic (exact) mass is 419 g/mol. The van der Waals surface area contributed by atoms with E-state index in [0.717, 1.165) is 49.8 Å². The number of amides is 2. The van der Waals surface area contributed by atoms with Gasteiger partial charge in [0.25, 0.3) is 11.5 Å². The lowest BCUT2D eigenvalue weighted by atomic mass is 9.99. The van der Waals surface area contributed by atoms with E-state index in [9.17, 15) is 18.8 Å². The molecule has 0 spiro atoms. The maximum absolute atomic E-state index is 13.0. The molecule has 1 fully saturated rings. The lowest BCUT2D eigenvalue weighted by molar-refractivity contribution is -0.129. The third-order valence-corrected chi connectivity index (χ3v) is 5.60. The number of carbonyl (C=O) groups is 2. The van der Waals surface area contributed by atoms with E-state index in [1.165, 1.54) is 12.1 Å². The third-order valence-electron chi connectivity index (χ3n) is 4.74. The van der Waals surface area contributed by atoms with E-state index in [1.807, 2.05) is 4.90 Å². The Morgan fingerprint density at radius 2 is 1.97 bits per heavy atom. The quantitative estimate of drug-likeness (QED) is 0.504. The minimum absolute atomic E-state index is 0.0168. The molecule has 0 bridgehead atoms. The summed E-state index contributed by atoms with van der Waals surface area (Å²) < 4.78 is 13.0. The van der Waals surface area contributed by atoms with E-state index < -0.39 is 17.3 Å². The molecule has 154 valence electrons. The molecule has 1 aliphatic rings. The van der Waals surface area contributed by atoms with Crippen molar-refractivity contribution in [3.05, 3.63) is 46.0 Å². The number of piperidine rings is 1. The second-order valence-electron chi connectivity index (χ2n) is 6.94. The predicted molar refractivity (Wildman–Crippen MR) is 109 cm³/mol. The summed E-state index contributed by atoms with van der Waals surface area (Å²) in [6, 6.07) is 4.86. The van der Waals surface area contributed by atoms with Crippen molar-refractivity contribution in [2.24, 2.45) is 5.92 Å². The van der Waals surface area contributed by atoms with E-state index in [-0.39, 0.29) is 33.9 Å². The summed E-state index contributed by atoms with van der Waals surface area (Å²) in [5.74, 6) is -0.502. The van der Waals surface area contributed by atoms with Crippen LogP contribution in [0.15, 0.2) is 34.2 Å². The second kappa shape index (κ2) is 9.08. The summed E-state index contributed by atoms with van der Waals surface area (Å²) in [4.78, 5) is 45.2. The molecule has 1 aliphatic heterocycles. The van der Waals surface area contributed by atoms with Gasteiger partial charge in [0.1, 0.15) is 11.5 Å². The second-order valence-corrected chi connectivity index (χ2v) is 7.91. The molecular formula is C19H22FN5O3S. The van der Waals surface area contributed by atoms with Crippen LogP contribution >= 0.6 is 11.8 Å². The standard InChI is InChI=1S/C19H22FN5O3S/c1-11-6-8-25(9-7-11)14(26)10-29-19-23-16(21)15(18(28)24-19)22-17(27)12-2-4-13(20)5-3-12/h2-5,11H,6-10H2,1H3,(H,22,27)(H3,21,23,24,28). The summed E-state index contributed by atoms with van der Waals surface area (Å²) in [7, 11) is 0. The van der Waals surface area contributed by atoms with Crippen LogP contribution in [-0.4, -0.2) is 45.5 Å². The van der Waals surface area contributed by atoms with Gasteiger partial charge in [-0.3, -0.25) is 19.4 Å². The highest BCUT2D eigenvalue weighted by Gasteiger charge is 2.21. The van der Waals surface area contributed by atoms with Crippen LogP contribution < -0.4 is 16.6 Å². The number of nitrogens with one attached hydrogen (secondary N) is 2. The fourth-order valence-corrected chi connectivity index (χ4v) is 3.70. The van der Waals surface area contributed by atoms with Crippen molar-refractivity contribution in [1.29, 1.82) is 0 Å². The lowest BCUT2D eigenvalue weighted by Crippen LogP contribution is -2.39. The van der Waals surface area contributed by atoms with Crippen molar-refractivity contribution in [3.63, 3.8) is 0 Å². The van der Waals surface area contributed by atoms with Gasteiger partial charge in [-0.2, -0.15) is 0 Å². The molecule has 8 nitrogen and oxygen atoms in total. The number of carbonyl (C=O) groups excluding carboxylic acids is 2. The van der Waals surface area contributed by atoms with Crippen LogP contribution in [0.2, 0.25) is 0 Å². The molecule has 3 rings (SSSR count). The average molecular weight is 419 g/mol. The van der Waals surface area contributed by atoms with Crippen molar-refractivity contribution in [2.75, 3.05) is 29.9 Å². The Morgan fingerprint density at radius 1 is 1.31 bits per heavy atom. The van der Waals surface area contributed by atoms with Gasteiger partial charge in [-0.1, -0.05) is 18.7 Å². The van der Waals surface area contributed by atoms with E-state index in [4.69, 9.17) is 5.73 Å². The summed E-state index contributed by atoms with van der Waals surface area (Å²) in [6.07, 6.45) is 1.97. The maximum atomic E-state index is 13.0. The molecule has 2 aromatic rings. The van der Waals surface area contributed by atoms with Gasteiger partial charge in [-0.25, -0.2) is 9.37 Å². The zero-order valence-corrected chi connectivity index (χ0v) is 16.7. The van der Waals surface area contributed by atoms with E-state index in [1.54, 1.807) is 0 Å². The zero-order valence-electron chi connectivity index (χ0n) is 15.9. The first-order valence-electron chi connectivity index (χ1n) is 9.20. The van der Waals surface area contributed by atoms with Crippen molar-refractivity contribution in [2.45, 2.75) is 24.9 Å². The molecule has 10 heteroatoms. The number of aromatic nitrogens is 2. The molecule has 0 atom stereocenters. The number of H-pyrrole nitrogens is 1. The molecule has 0 radical (unpaired) electrons. The SMILES string of the molecule is CC1CCN(C(=O)CSc2nc(N)c(NC(=O)c3ccc(F)cc3)c(=O)[nH]2)CC1. The Balaban J connectivity index is 1.63. The molecule has 0 saturated carbocycles. The Labute approximate surface area is 171 Å². The molecule has 0 aliphatic carbocycles. The largest absolute Gasteiger partial charge is 0.382 e. The first kappa shape index (κ1) is 20.8. The highest BCUT2D eigenvalue weighted by molar-refractivity contribution is 7.99. The first-order valence-corrected chi connectivity index (χ1v) is 10.2. The number of thioether (sulfide) groups is 1. The molecule has 2 heterocycles. The molecule has 4 N–H and O–H groups in total. The van der Waals surface area contributed by atoms with Crippen LogP contribution in [0, 0.1) is 11.7 Å². The van der Waals surface area contributed by atoms with Gasteiger partial charge in [0.2, 0.25) is 5.91 Å². The molecule has 1 saturated heterocycles. The van der Waals surface area contributed by atoms with Gasteiger partial charge in [0.05, 0.1) is 5.75 Å². The van der Waals surface area contributed by atoms with Crippen LogP contribution in [0.4, 0.5) is 15.9 Å². The number of nitrogens with two attached hydrogens (primary N) is 1. The number of hydrogen-bond donors (Lipinski definition) is 3. The van der Waals surface area contributed by atoms with Crippen molar-refractivity contribution in [1.82, 2.24) is 14.9 Å². The normalized spacial score (nSPS) is 14.6. The smallest absolute Gasteiger partial charge is 0.277 e. The van der Waals surface area contributed by atoms with E-state index >= 15 is 0 Å². The molecule has 2 amide bonds. The minimum atomic E-state index is -0.630. The molecule has 0 unspecified atom stereocenters. The van der Waals surface area contributed by atoms with Gasteiger partial charge in [-0.05, 0) is 43.0 Å². The first-order chi connectivity index (χ1) is 13.8. The highest BCUT2D eigenvalue weighted by Crippen LogP contribution is 2.20. The number of nitrogens with zero attached hydrogens (tertiary/aromatic N) is 2. The fourth-order valence-electron chi connectivity index (χ4n) is 2.92. The van der Waals surface area contributed by atoms with Gasteiger partial charge in [-0.15, -0.1) is 0 Å². The molecular weight excluding hydrogens is 397 g/mol. The van der Waals surface area contributed by atoms with Crippen molar-refractivity contribution < 1.29 is 14.0 Å². The van der Waals surface area contributed by atoms with Crippen LogP contribution in [0.5, 0.6) is 0 Å². The molecule has 1 aromatic heterocycles. The topological polar surface area (TPSA) is 121 Å². The molecule has 29 heavy (non-hydrogen) atoms. The van der Waals surface area contributed by atoms with Gasteiger partial charge in [0.15, 0.2) is 11.0 Å². The summed E-state index contributed by atoms with van der Waals surface area (Å²) in [5, 5.41) is 2.59. The van der Waals surface area contributed by atoms with Crippen LogP contribution in [0.1, 0.15) is 30.1 Å². The van der Waals surface area contributed by atoms with Crippen LogP contribution in [0.3, 0.4) is 0 Å².